The number of carbonyl (C=O) groups is 1. The summed E-state index contributed by atoms with van der Waals surface area (Å²) in [5.41, 5.74) is 0.795. The fourth-order valence-electron chi connectivity index (χ4n) is 2.32. The van der Waals surface area contributed by atoms with Crippen LogP contribution in [0.15, 0.2) is 29.3 Å². The third-order valence-electron chi connectivity index (χ3n) is 3.80. The van der Waals surface area contributed by atoms with E-state index >= 15 is 0 Å². The Morgan fingerprint density at radius 1 is 1.08 bits per heavy atom. The molecule has 0 saturated carbocycles. The lowest BCUT2D eigenvalue weighted by molar-refractivity contribution is -0.120. The molecule has 0 spiro atoms. The quantitative estimate of drug-likeness (QED) is 0.364. The maximum absolute atomic E-state index is 12.8. The zero-order chi connectivity index (χ0) is 18.7. The molecule has 6 heteroatoms. The molecule has 1 unspecified atom stereocenters. The Kier molecular flexibility index (Phi) is 9.58. The maximum atomic E-state index is 12.8. The molecule has 0 bridgehead atoms. The van der Waals surface area contributed by atoms with E-state index in [0.29, 0.717) is 25.0 Å². The van der Waals surface area contributed by atoms with E-state index in [0.717, 1.165) is 17.9 Å². The van der Waals surface area contributed by atoms with Gasteiger partial charge in [-0.15, -0.1) is 0 Å². The molecule has 0 fully saturated rings. The number of nitrogens with one attached hydrogen (secondary N) is 3. The van der Waals surface area contributed by atoms with Crippen molar-refractivity contribution >= 4 is 11.9 Å². The Labute approximate surface area is 150 Å². The number of rotatable bonds is 9. The smallest absolute Gasteiger partial charge is 0.224 e. The van der Waals surface area contributed by atoms with Crippen LogP contribution in [0.25, 0.3) is 0 Å². The number of carbonyl (C=O) groups excluding carboxylic acids is 1. The van der Waals surface area contributed by atoms with Crippen LogP contribution in [-0.4, -0.2) is 38.0 Å². The molecule has 0 heterocycles. The summed E-state index contributed by atoms with van der Waals surface area (Å²) >= 11 is 0. The molecule has 0 aliphatic carbocycles. The topological polar surface area (TPSA) is 65.5 Å². The number of amides is 1. The van der Waals surface area contributed by atoms with Crippen molar-refractivity contribution in [2.75, 3.05) is 20.1 Å². The van der Waals surface area contributed by atoms with Crippen LogP contribution in [-0.2, 0) is 11.2 Å². The summed E-state index contributed by atoms with van der Waals surface area (Å²) in [7, 11) is 1.73. The van der Waals surface area contributed by atoms with Gasteiger partial charge in [0.15, 0.2) is 5.96 Å². The van der Waals surface area contributed by atoms with Gasteiger partial charge in [-0.05, 0) is 43.4 Å². The SMILES string of the molecule is CN=C(NCCNC(=O)Cc1ccc(F)cc1)NC(C)CCC(C)C. The van der Waals surface area contributed by atoms with Crippen LogP contribution in [0.5, 0.6) is 0 Å². The van der Waals surface area contributed by atoms with E-state index in [2.05, 4.69) is 41.7 Å². The van der Waals surface area contributed by atoms with Gasteiger partial charge in [0.2, 0.25) is 5.91 Å². The van der Waals surface area contributed by atoms with Crippen molar-refractivity contribution in [1.29, 1.82) is 0 Å². The number of benzene rings is 1. The minimum absolute atomic E-state index is 0.0818. The molecule has 0 radical (unpaired) electrons. The highest BCUT2D eigenvalue weighted by Crippen LogP contribution is 2.06. The molecule has 0 aliphatic heterocycles. The molecule has 1 rings (SSSR count). The summed E-state index contributed by atoms with van der Waals surface area (Å²) in [6, 6.07) is 6.32. The van der Waals surface area contributed by atoms with Gasteiger partial charge in [0.25, 0.3) is 0 Å². The third kappa shape index (κ3) is 9.69. The molecule has 0 saturated heterocycles. The van der Waals surface area contributed by atoms with Crippen LogP contribution < -0.4 is 16.0 Å². The molecule has 1 amide bonds. The van der Waals surface area contributed by atoms with Gasteiger partial charge >= 0.3 is 0 Å². The lowest BCUT2D eigenvalue weighted by Gasteiger charge is -2.18. The van der Waals surface area contributed by atoms with Crippen molar-refractivity contribution in [3.05, 3.63) is 35.6 Å². The lowest BCUT2D eigenvalue weighted by atomic mass is 10.0. The number of guanidine groups is 1. The van der Waals surface area contributed by atoms with E-state index in [-0.39, 0.29) is 18.1 Å². The van der Waals surface area contributed by atoms with Crippen molar-refractivity contribution in [3.63, 3.8) is 0 Å². The van der Waals surface area contributed by atoms with Crippen molar-refractivity contribution in [1.82, 2.24) is 16.0 Å². The Hall–Kier alpha value is -2.11. The first-order valence-corrected chi connectivity index (χ1v) is 8.89. The van der Waals surface area contributed by atoms with Crippen molar-refractivity contribution in [2.45, 2.75) is 46.1 Å². The summed E-state index contributed by atoms with van der Waals surface area (Å²) in [6.45, 7) is 7.66. The Morgan fingerprint density at radius 2 is 1.72 bits per heavy atom. The second-order valence-electron chi connectivity index (χ2n) is 6.67. The highest BCUT2D eigenvalue weighted by molar-refractivity contribution is 5.80. The van der Waals surface area contributed by atoms with Gasteiger partial charge in [-0.25, -0.2) is 4.39 Å². The fourth-order valence-corrected chi connectivity index (χ4v) is 2.32. The molecule has 1 aromatic rings. The Bertz CT molecular complexity index is 543. The molecule has 5 nitrogen and oxygen atoms in total. The Balaban J connectivity index is 2.21. The van der Waals surface area contributed by atoms with Gasteiger partial charge in [-0.1, -0.05) is 26.0 Å². The zero-order valence-corrected chi connectivity index (χ0v) is 15.7. The molecule has 25 heavy (non-hydrogen) atoms. The van der Waals surface area contributed by atoms with E-state index in [1.54, 1.807) is 19.2 Å². The van der Waals surface area contributed by atoms with Crippen LogP contribution in [0.1, 0.15) is 39.2 Å². The van der Waals surface area contributed by atoms with E-state index < -0.39 is 0 Å². The summed E-state index contributed by atoms with van der Waals surface area (Å²) in [4.78, 5) is 16.1. The lowest BCUT2D eigenvalue weighted by Crippen LogP contribution is -2.45. The van der Waals surface area contributed by atoms with Gasteiger partial charge in [0, 0.05) is 26.2 Å². The van der Waals surface area contributed by atoms with Gasteiger partial charge in [0.05, 0.1) is 6.42 Å². The monoisotopic (exact) mass is 350 g/mol. The van der Waals surface area contributed by atoms with Crippen molar-refractivity contribution in [2.24, 2.45) is 10.9 Å². The summed E-state index contributed by atoms with van der Waals surface area (Å²) in [5, 5.41) is 9.38. The fraction of sp³-hybridized carbons (Fsp3) is 0.579. The number of nitrogens with zero attached hydrogens (tertiary/aromatic N) is 1. The van der Waals surface area contributed by atoms with E-state index in [1.165, 1.54) is 18.6 Å². The van der Waals surface area contributed by atoms with E-state index in [4.69, 9.17) is 0 Å². The molecule has 0 aliphatic rings. The maximum Gasteiger partial charge on any atom is 0.224 e. The predicted octanol–water partition coefficient (Wildman–Crippen LogP) is 2.47. The minimum Gasteiger partial charge on any atom is -0.355 e. The van der Waals surface area contributed by atoms with Crippen LogP contribution in [0.4, 0.5) is 4.39 Å². The van der Waals surface area contributed by atoms with Gasteiger partial charge in [0.1, 0.15) is 5.82 Å². The van der Waals surface area contributed by atoms with Crippen molar-refractivity contribution in [3.8, 4) is 0 Å². The third-order valence-corrected chi connectivity index (χ3v) is 3.80. The average molecular weight is 350 g/mol. The molecule has 3 N–H and O–H groups in total. The molecular formula is C19H31FN4O. The van der Waals surface area contributed by atoms with Gasteiger partial charge in [-0.3, -0.25) is 9.79 Å². The largest absolute Gasteiger partial charge is 0.355 e. The first kappa shape index (κ1) is 20.9. The normalized spacial score (nSPS) is 12.8. The first-order chi connectivity index (χ1) is 11.9. The van der Waals surface area contributed by atoms with E-state index in [9.17, 15) is 9.18 Å². The first-order valence-electron chi connectivity index (χ1n) is 8.89. The summed E-state index contributed by atoms with van der Waals surface area (Å²) in [5.74, 6) is 1.05. The highest BCUT2D eigenvalue weighted by atomic mass is 19.1. The summed E-state index contributed by atoms with van der Waals surface area (Å²) < 4.78 is 12.8. The molecular weight excluding hydrogens is 319 g/mol. The van der Waals surface area contributed by atoms with Crippen LogP contribution in [0.2, 0.25) is 0 Å². The number of halogens is 1. The average Bonchev–Trinajstić information content (AvgIpc) is 2.57. The molecule has 0 aromatic heterocycles. The van der Waals surface area contributed by atoms with Crippen LogP contribution >= 0.6 is 0 Å². The number of aliphatic imine (C=N–C) groups is 1. The number of hydrogen-bond acceptors (Lipinski definition) is 2. The Morgan fingerprint density at radius 3 is 2.32 bits per heavy atom. The molecule has 1 atom stereocenters. The van der Waals surface area contributed by atoms with Crippen LogP contribution in [0, 0.1) is 11.7 Å². The van der Waals surface area contributed by atoms with Gasteiger partial charge in [-0.2, -0.15) is 0 Å². The minimum atomic E-state index is -0.296. The van der Waals surface area contributed by atoms with Crippen LogP contribution in [0.3, 0.4) is 0 Å². The van der Waals surface area contributed by atoms with E-state index in [1.807, 2.05) is 0 Å². The highest BCUT2D eigenvalue weighted by Gasteiger charge is 2.07. The van der Waals surface area contributed by atoms with Crippen molar-refractivity contribution < 1.29 is 9.18 Å². The van der Waals surface area contributed by atoms with Gasteiger partial charge < -0.3 is 16.0 Å². The molecule has 1 aromatic carbocycles. The summed E-state index contributed by atoms with van der Waals surface area (Å²) in [6.07, 6.45) is 2.51. The second-order valence-corrected chi connectivity index (χ2v) is 6.67. The molecule has 140 valence electrons. The zero-order valence-electron chi connectivity index (χ0n) is 15.7. The number of hydrogen-bond donors (Lipinski definition) is 3. The standard InChI is InChI=1S/C19H31FN4O/c1-14(2)5-6-15(3)24-19(21-4)23-12-11-22-18(25)13-16-7-9-17(20)10-8-16/h7-10,14-15H,5-6,11-13H2,1-4H3,(H,22,25)(H2,21,23,24). The second kappa shape index (κ2) is 11.4. The predicted molar refractivity (Wildman–Crippen MR) is 101 cm³/mol.